The molecule has 0 spiro atoms. The quantitative estimate of drug-likeness (QED) is 0.120. The fraction of sp³-hybridized carbons (Fsp3) is 0.833. The Hall–Kier alpha value is -1.30. The Morgan fingerprint density at radius 1 is 0.613 bits per heavy atom. The van der Waals surface area contributed by atoms with Crippen LogP contribution in [0.15, 0.2) is 0 Å². The van der Waals surface area contributed by atoms with Gasteiger partial charge in [-0.05, 0) is 19.3 Å². The molecule has 0 aliphatic heterocycles. The Morgan fingerprint density at radius 2 is 0.806 bits per heavy atom. The van der Waals surface area contributed by atoms with Crippen molar-refractivity contribution >= 4 is 35.3 Å². The Bertz CT molecular complexity index is 374. The van der Waals surface area contributed by atoms with Crippen LogP contribution in [0.1, 0.15) is 59.3 Å². The fourth-order valence-corrected chi connectivity index (χ4v) is 1.22. The summed E-state index contributed by atoms with van der Waals surface area (Å²) in [4.78, 5) is 29.4. The van der Waals surface area contributed by atoms with E-state index in [9.17, 15) is 29.7 Å². The fourth-order valence-electron chi connectivity index (χ4n) is 1.22. The number of rotatable bonds is 15. The first-order valence-electron chi connectivity index (χ1n) is 9.56. The number of unbranched alkanes of at least 4 members (excludes halogenated alkanes) is 3. The molecule has 0 bridgehead atoms. The van der Waals surface area contributed by atoms with E-state index in [2.05, 4.69) is 14.2 Å². The van der Waals surface area contributed by atoms with Crippen molar-refractivity contribution in [3.63, 3.8) is 0 Å². The van der Waals surface area contributed by atoms with E-state index < -0.39 is 36.8 Å². The first-order chi connectivity index (χ1) is 14.0. The number of carbonyl (C=O) groups excluding carboxylic acids is 3. The minimum Gasteiger partial charge on any atom is -0.545 e. The van der Waals surface area contributed by atoms with Crippen LogP contribution in [0.3, 0.4) is 0 Å². The molecule has 31 heavy (non-hydrogen) atoms. The first-order valence-corrected chi connectivity index (χ1v) is 9.56. The molecular formula is C18H33AlO12. The minimum atomic E-state index is -1.77. The molecule has 0 radical (unpaired) electrons. The van der Waals surface area contributed by atoms with Gasteiger partial charge < -0.3 is 59.2 Å². The zero-order valence-electron chi connectivity index (χ0n) is 18.2. The van der Waals surface area contributed by atoms with E-state index >= 15 is 0 Å². The second-order valence-corrected chi connectivity index (χ2v) is 5.69. The Balaban J connectivity index is -0.000000174. The average Bonchev–Trinajstić information content (AvgIpc) is 2.69. The van der Waals surface area contributed by atoms with Gasteiger partial charge in [0.1, 0.15) is 0 Å². The van der Waals surface area contributed by atoms with Gasteiger partial charge in [0.2, 0.25) is 0 Å². The third kappa shape index (κ3) is 31.0. The van der Waals surface area contributed by atoms with Gasteiger partial charge in [-0.2, -0.15) is 0 Å². The second-order valence-electron chi connectivity index (χ2n) is 5.69. The molecule has 180 valence electrons. The average molecular weight is 468 g/mol. The van der Waals surface area contributed by atoms with Crippen molar-refractivity contribution in [3.8, 4) is 0 Å². The van der Waals surface area contributed by atoms with Gasteiger partial charge in [0.05, 0.1) is 37.7 Å². The van der Waals surface area contributed by atoms with Gasteiger partial charge in [0.25, 0.3) is 0 Å². The Labute approximate surface area is 192 Å². The van der Waals surface area contributed by atoms with E-state index in [1.807, 2.05) is 20.8 Å². The summed E-state index contributed by atoms with van der Waals surface area (Å²) in [7, 11) is 0. The summed E-state index contributed by atoms with van der Waals surface area (Å²) in [5.74, 6) is -4.76. The largest absolute Gasteiger partial charge is 3.00 e. The monoisotopic (exact) mass is 468 g/mol. The zero-order valence-corrected chi connectivity index (χ0v) is 19.3. The van der Waals surface area contributed by atoms with Crippen LogP contribution in [0.2, 0.25) is 0 Å². The summed E-state index contributed by atoms with van der Waals surface area (Å²) >= 11 is 0. The summed E-state index contributed by atoms with van der Waals surface area (Å²) in [6.45, 7) is 6.58. The molecule has 0 aliphatic rings. The van der Waals surface area contributed by atoms with Crippen LogP contribution in [0.5, 0.6) is 0 Å². The summed E-state index contributed by atoms with van der Waals surface area (Å²) in [5.41, 5.74) is 0. The number of carboxylic acid groups (broad SMARTS) is 3. The van der Waals surface area contributed by atoms with Gasteiger partial charge in [-0.3, -0.25) is 0 Å². The molecule has 0 heterocycles. The Kier molecular flexibility index (Phi) is 31.9. The molecule has 13 heteroatoms. The normalized spacial score (nSPS) is 12.6. The topological polar surface area (TPSA) is 209 Å². The third-order valence-corrected chi connectivity index (χ3v) is 2.93. The smallest absolute Gasteiger partial charge is 0.545 e. The van der Waals surface area contributed by atoms with Crippen LogP contribution in [0.4, 0.5) is 0 Å². The maximum Gasteiger partial charge on any atom is 3.00 e. The molecule has 0 aromatic heterocycles. The van der Waals surface area contributed by atoms with E-state index in [-0.39, 0.29) is 37.2 Å². The summed E-state index contributed by atoms with van der Waals surface area (Å²) in [6, 6.07) is 0. The summed E-state index contributed by atoms with van der Waals surface area (Å²) in [6.07, 6.45) is -0.386. The van der Waals surface area contributed by atoms with Crippen molar-refractivity contribution in [2.75, 3.05) is 19.8 Å². The second kappa shape index (κ2) is 26.7. The molecule has 0 rings (SSSR count). The molecule has 3 unspecified atom stereocenters. The molecule has 0 aromatic carbocycles. The van der Waals surface area contributed by atoms with Gasteiger partial charge in [-0.15, -0.1) is 0 Å². The van der Waals surface area contributed by atoms with E-state index in [4.69, 9.17) is 15.3 Å². The van der Waals surface area contributed by atoms with Crippen molar-refractivity contribution < 1.29 is 59.2 Å². The van der Waals surface area contributed by atoms with Crippen molar-refractivity contribution in [1.82, 2.24) is 0 Å². The molecule has 12 nitrogen and oxygen atoms in total. The van der Waals surface area contributed by atoms with Crippen LogP contribution in [-0.2, 0) is 28.6 Å². The van der Waals surface area contributed by atoms with Crippen LogP contribution in [0.25, 0.3) is 0 Å². The zero-order chi connectivity index (χ0) is 23.9. The van der Waals surface area contributed by atoms with Gasteiger partial charge in [-0.1, -0.05) is 40.0 Å². The third-order valence-electron chi connectivity index (χ3n) is 2.93. The van der Waals surface area contributed by atoms with Gasteiger partial charge in [0, 0.05) is 0 Å². The van der Waals surface area contributed by atoms with E-state index in [0.29, 0.717) is 0 Å². The van der Waals surface area contributed by atoms with E-state index in [0.717, 1.165) is 38.5 Å². The van der Waals surface area contributed by atoms with Gasteiger partial charge in [-0.25, -0.2) is 0 Å². The van der Waals surface area contributed by atoms with Crippen molar-refractivity contribution in [2.45, 2.75) is 78.2 Å². The number of aliphatic carboxylic acids is 3. The number of aliphatic hydroxyl groups excluding tert-OH is 3. The van der Waals surface area contributed by atoms with Crippen LogP contribution in [-0.4, -0.2) is 89.3 Å². The summed E-state index contributed by atoms with van der Waals surface area (Å²) in [5, 5.41) is 54.8. The molecule has 3 N–H and O–H groups in total. The maximum absolute atomic E-state index is 9.81. The molecule has 3 atom stereocenters. The molecule has 0 amide bonds. The number of ether oxygens (including phenoxy) is 3. The predicted molar refractivity (Wildman–Crippen MR) is 101 cm³/mol. The molecule has 0 saturated heterocycles. The SMILES string of the molecule is CCCCOC(O)C(=O)[O-].CCCCOC(O)C(=O)[O-].CCCCOC(O)C(=O)[O-].[Al+3]. The molecule has 0 saturated carbocycles. The summed E-state index contributed by atoms with van der Waals surface area (Å²) < 4.78 is 13.3. The van der Waals surface area contributed by atoms with E-state index in [1.165, 1.54) is 0 Å². The van der Waals surface area contributed by atoms with E-state index in [1.54, 1.807) is 0 Å². The maximum atomic E-state index is 9.81. The molecular weight excluding hydrogens is 435 g/mol. The number of carbonyl (C=O) groups is 3. The van der Waals surface area contributed by atoms with Gasteiger partial charge in [0.15, 0.2) is 18.9 Å². The van der Waals surface area contributed by atoms with Crippen LogP contribution in [0, 0.1) is 0 Å². The first kappa shape index (κ1) is 37.0. The van der Waals surface area contributed by atoms with Crippen molar-refractivity contribution in [1.29, 1.82) is 0 Å². The molecule has 0 aromatic rings. The predicted octanol–water partition coefficient (Wildman–Crippen LogP) is -3.77. The van der Waals surface area contributed by atoms with Crippen molar-refractivity contribution in [3.05, 3.63) is 0 Å². The number of hydrogen-bond donors (Lipinski definition) is 3. The minimum absolute atomic E-state index is 0. The molecule has 0 aliphatic carbocycles. The van der Waals surface area contributed by atoms with Crippen LogP contribution < -0.4 is 15.3 Å². The van der Waals surface area contributed by atoms with Gasteiger partial charge >= 0.3 is 17.4 Å². The van der Waals surface area contributed by atoms with Crippen LogP contribution >= 0.6 is 0 Å². The number of hydrogen-bond acceptors (Lipinski definition) is 12. The standard InChI is InChI=1S/3C6H12O4.Al/c3*1-2-3-4-10-6(9)5(7)8;/h3*6,9H,2-4H2,1H3,(H,7,8);/q;;;+3/p-3. The number of carboxylic acids is 3. The Morgan fingerprint density at radius 3 is 0.935 bits per heavy atom. The number of aliphatic hydroxyl groups is 3. The van der Waals surface area contributed by atoms with Crippen molar-refractivity contribution in [2.24, 2.45) is 0 Å². The molecule has 0 fully saturated rings.